The van der Waals surface area contributed by atoms with Crippen molar-refractivity contribution >= 4 is 35.0 Å². The molecule has 0 amide bonds. The standard InChI is InChI=1S/C25H32ClN7O2S/c1-16-22(28)25(15-35-16)5-10-32(11-6-25)23-18(14-34)31-20(12-30-23)36-19-3-8-29-24(21(19)26)33-9-4-17(13-33)2-7-27/h3,8,12,16-17,22,34H,2,4-6,9-11,13-15,28H2,1H3/t16-,17?,22+/m0/s1. The average Bonchev–Trinajstić information content (AvgIpc) is 3.47. The van der Waals surface area contributed by atoms with Crippen LogP contribution in [0.2, 0.25) is 5.02 Å². The summed E-state index contributed by atoms with van der Waals surface area (Å²) < 4.78 is 5.84. The first-order valence-electron chi connectivity index (χ1n) is 12.5. The predicted molar refractivity (Wildman–Crippen MR) is 139 cm³/mol. The van der Waals surface area contributed by atoms with Gasteiger partial charge in [0.15, 0.2) is 5.82 Å². The summed E-state index contributed by atoms with van der Waals surface area (Å²) in [7, 11) is 0. The third-order valence-corrected chi connectivity index (χ3v) is 9.32. The van der Waals surface area contributed by atoms with E-state index in [0.717, 1.165) is 62.0 Å². The maximum atomic E-state index is 10.1. The summed E-state index contributed by atoms with van der Waals surface area (Å²) in [6.45, 7) is 5.80. The van der Waals surface area contributed by atoms with Crippen molar-refractivity contribution in [2.45, 2.75) is 61.3 Å². The maximum Gasteiger partial charge on any atom is 0.152 e. The van der Waals surface area contributed by atoms with Crippen LogP contribution in [0.5, 0.6) is 0 Å². The summed E-state index contributed by atoms with van der Waals surface area (Å²) in [6, 6.07) is 4.18. The highest BCUT2D eigenvalue weighted by Crippen LogP contribution is 2.43. The van der Waals surface area contributed by atoms with E-state index >= 15 is 0 Å². The van der Waals surface area contributed by atoms with Crippen molar-refractivity contribution in [3.8, 4) is 6.07 Å². The third-order valence-electron chi connectivity index (χ3n) is 7.87. The first-order chi connectivity index (χ1) is 17.4. The van der Waals surface area contributed by atoms with Gasteiger partial charge < -0.3 is 25.4 Å². The minimum absolute atomic E-state index is 0.0261. The number of nitriles is 1. The smallest absolute Gasteiger partial charge is 0.152 e. The Morgan fingerprint density at radius 1 is 1.28 bits per heavy atom. The molecule has 192 valence electrons. The molecule has 5 rings (SSSR count). The molecule has 0 radical (unpaired) electrons. The number of ether oxygens (including phenoxy) is 1. The number of anilines is 2. The molecule has 36 heavy (non-hydrogen) atoms. The summed E-state index contributed by atoms with van der Waals surface area (Å²) in [4.78, 5) is 19.1. The number of rotatable bonds is 6. The number of hydrogen-bond donors (Lipinski definition) is 2. The van der Waals surface area contributed by atoms with Crippen LogP contribution in [0.3, 0.4) is 0 Å². The average molecular weight is 530 g/mol. The van der Waals surface area contributed by atoms with Crippen LogP contribution < -0.4 is 15.5 Å². The predicted octanol–water partition coefficient (Wildman–Crippen LogP) is 3.24. The Bertz CT molecular complexity index is 1140. The normalized spacial score (nSPS) is 25.5. The van der Waals surface area contributed by atoms with Gasteiger partial charge in [-0.15, -0.1) is 0 Å². The SMILES string of the molecule is C[C@@H]1OCC2(CCN(c3ncc(Sc4ccnc(N5CCC(CC#N)C5)c4Cl)nc3CO)CC2)[C@@H]1N. The first kappa shape index (κ1) is 25.5. The molecule has 3 saturated heterocycles. The van der Waals surface area contributed by atoms with Gasteiger partial charge in [-0.25, -0.2) is 15.0 Å². The molecule has 11 heteroatoms. The number of piperidine rings is 1. The van der Waals surface area contributed by atoms with Gasteiger partial charge in [0, 0.05) is 55.1 Å². The number of nitrogens with zero attached hydrogens (tertiary/aromatic N) is 6. The Morgan fingerprint density at radius 3 is 2.78 bits per heavy atom. The molecule has 9 nitrogen and oxygen atoms in total. The van der Waals surface area contributed by atoms with Gasteiger partial charge >= 0.3 is 0 Å². The fraction of sp³-hybridized carbons (Fsp3) is 0.600. The molecule has 3 N–H and O–H groups in total. The first-order valence-corrected chi connectivity index (χ1v) is 13.7. The van der Waals surface area contributed by atoms with E-state index in [9.17, 15) is 5.11 Å². The minimum atomic E-state index is -0.193. The third kappa shape index (κ3) is 4.87. The van der Waals surface area contributed by atoms with E-state index in [1.54, 1.807) is 12.4 Å². The lowest BCUT2D eigenvalue weighted by molar-refractivity contribution is 0.0973. The largest absolute Gasteiger partial charge is 0.390 e. The molecule has 3 aliphatic heterocycles. The highest BCUT2D eigenvalue weighted by Gasteiger charge is 2.47. The molecule has 5 heterocycles. The topological polar surface area (TPSA) is 124 Å². The number of aromatic nitrogens is 3. The van der Waals surface area contributed by atoms with Gasteiger partial charge in [-0.05, 0) is 38.2 Å². The molecule has 0 aliphatic carbocycles. The van der Waals surface area contributed by atoms with E-state index in [4.69, 9.17) is 37.3 Å². The Kier molecular flexibility index (Phi) is 7.56. The Hall–Kier alpha value is -2.16. The number of halogens is 1. The second-order valence-electron chi connectivity index (χ2n) is 10.0. The molecular formula is C25H32ClN7O2S. The van der Waals surface area contributed by atoms with Crippen LogP contribution >= 0.6 is 23.4 Å². The summed E-state index contributed by atoms with van der Waals surface area (Å²) in [5, 5.41) is 20.3. The van der Waals surface area contributed by atoms with Crippen molar-refractivity contribution in [1.82, 2.24) is 15.0 Å². The van der Waals surface area contributed by atoms with E-state index in [2.05, 4.69) is 20.9 Å². The Morgan fingerprint density at radius 2 is 2.08 bits per heavy atom. The van der Waals surface area contributed by atoms with E-state index < -0.39 is 0 Å². The second-order valence-corrected chi connectivity index (χ2v) is 11.5. The van der Waals surface area contributed by atoms with Crippen molar-refractivity contribution in [1.29, 1.82) is 5.26 Å². The molecule has 0 saturated carbocycles. The quantitative estimate of drug-likeness (QED) is 0.576. The molecule has 1 unspecified atom stereocenters. The van der Waals surface area contributed by atoms with Gasteiger partial charge in [0.1, 0.15) is 16.5 Å². The molecule has 3 fully saturated rings. The second kappa shape index (κ2) is 10.7. The minimum Gasteiger partial charge on any atom is -0.390 e. The molecule has 2 aromatic heterocycles. The molecule has 2 aromatic rings. The summed E-state index contributed by atoms with van der Waals surface area (Å²) >= 11 is 8.17. The number of hydrogen-bond acceptors (Lipinski definition) is 10. The van der Waals surface area contributed by atoms with E-state index in [0.29, 0.717) is 34.7 Å². The number of aliphatic hydroxyl groups is 1. The summed E-state index contributed by atoms with van der Waals surface area (Å²) in [5.41, 5.74) is 7.04. The molecular weight excluding hydrogens is 498 g/mol. The van der Waals surface area contributed by atoms with Crippen LogP contribution in [-0.2, 0) is 11.3 Å². The molecule has 3 atom stereocenters. The zero-order chi connectivity index (χ0) is 25.3. The Balaban J connectivity index is 1.29. The Labute approximate surface area is 221 Å². The molecule has 3 aliphatic rings. The van der Waals surface area contributed by atoms with Crippen molar-refractivity contribution < 1.29 is 9.84 Å². The van der Waals surface area contributed by atoms with Crippen molar-refractivity contribution in [3.05, 3.63) is 29.2 Å². The van der Waals surface area contributed by atoms with Crippen molar-refractivity contribution in [3.63, 3.8) is 0 Å². The van der Waals surface area contributed by atoms with Crippen molar-refractivity contribution in [2.24, 2.45) is 17.1 Å². The van der Waals surface area contributed by atoms with E-state index in [1.165, 1.54) is 11.8 Å². The van der Waals surface area contributed by atoms with Gasteiger partial charge in [-0.2, -0.15) is 5.26 Å². The van der Waals surface area contributed by atoms with Gasteiger partial charge in [-0.3, -0.25) is 0 Å². The molecule has 1 spiro atoms. The number of nitrogens with two attached hydrogens (primary N) is 1. The monoisotopic (exact) mass is 529 g/mol. The van der Waals surface area contributed by atoms with Gasteiger partial charge in [0.25, 0.3) is 0 Å². The fourth-order valence-corrected chi connectivity index (χ4v) is 6.75. The molecule has 0 bridgehead atoms. The maximum absolute atomic E-state index is 10.1. The number of aliphatic hydroxyl groups excluding tert-OH is 1. The van der Waals surface area contributed by atoms with E-state index in [1.807, 2.05) is 13.0 Å². The van der Waals surface area contributed by atoms with Crippen LogP contribution in [0.15, 0.2) is 28.4 Å². The zero-order valence-corrected chi connectivity index (χ0v) is 22.0. The van der Waals surface area contributed by atoms with Crippen LogP contribution in [0, 0.1) is 22.7 Å². The van der Waals surface area contributed by atoms with Gasteiger partial charge in [0.05, 0.1) is 36.6 Å². The van der Waals surface area contributed by atoms with Crippen molar-refractivity contribution in [2.75, 3.05) is 42.6 Å². The lowest BCUT2D eigenvalue weighted by Crippen LogP contribution is -2.51. The van der Waals surface area contributed by atoms with E-state index in [-0.39, 0.29) is 24.2 Å². The molecule has 0 aromatic carbocycles. The lowest BCUT2D eigenvalue weighted by atomic mass is 9.73. The number of pyridine rings is 1. The fourth-order valence-electron chi connectivity index (χ4n) is 5.61. The van der Waals surface area contributed by atoms with Gasteiger partial charge in [0.2, 0.25) is 0 Å². The summed E-state index contributed by atoms with van der Waals surface area (Å²) in [5.74, 6) is 1.80. The van der Waals surface area contributed by atoms with Crippen LogP contribution in [-0.4, -0.2) is 65.0 Å². The van der Waals surface area contributed by atoms with Crippen LogP contribution in [0.25, 0.3) is 0 Å². The van der Waals surface area contributed by atoms with Crippen LogP contribution in [0.1, 0.15) is 38.3 Å². The van der Waals surface area contributed by atoms with Gasteiger partial charge in [-0.1, -0.05) is 23.4 Å². The zero-order valence-electron chi connectivity index (χ0n) is 20.4. The van der Waals surface area contributed by atoms with Crippen LogP contribution in [0.4, 0.5) is 11.6 Å². The highest BCUT2D eigenvalue weighted by molar-refractivity contribution is 7.99. The highest BCUT2D eigenvalue weighted by atomic mass is 35.5. The lowest BCUT2D eigenvalue weighted by Gasteiger charge is -2.41. The summed E-state index contributed by atoms with van der Waals surface area (Å²) in [6.07, 6.45) is 6.96.